The number of benzene rings is 3. The highest BCUT2D eigenvalue weighted by molar-refractivity contribution is 5.45. The predicted molar refractivity (Wildman–Crippen MR) is 102 cm³/mol. The average Bonchev–Trinajstić information content (AvgIpc) is 2.72. The van der Waals surface area contributed by atoms with E-state index in [-0.39, 0.29) is 36.8 Å². The van der Waals surface area contributed by atoms with Gasteiger partial charge in [0.1, 0.15) is 13.2 Å². The number of rotatable bonds is 8. The molecule has 1 atom stereocenters. The summed E-state index contributed by atoms with van der Waals surface area (Å²) in [6.07, 6.45) is -1.10. The average molecular weight is 367 g/mol. The highest BCUT2D eigenvalue weighted by Crippen LogP contribution is 2.35. The summed E-state index contributed by atoms with van der Waals surface area (Å²) in [5, 5.41) is 9.96. The molecule has 0 fully saturated rings. The fourth-order valence-electron chi connectivity index (χ4n) is 2.65. The topological polar surface area (TPSA) is 64.7 Å². The van der Waals surface area contributed by atoms with Gasteiger partial charge in [0.2, 0.25) is 0 Å². The zero-order chi connectivity index (χ0) is 19.1. The van der Waals surface area contributed by atoms with E-state index in [9.17, 15) is 9.50 Å². The van der Waals surface area contributed by atoms with E-state index in [2.05, 4.69) is 0 Å². The van der Waals surface area contributed by atoms with Crippen molar-refractivity contribution in [2.45, 2.75) is 19.3 Å². The summed E-state index contributed by atoms with van der Waals surface area (Å²) in [6, 6.07) is 22.1. The number of halogens is 1. The summed E-state index contributed by atoms with van der Waals surface area (Å²) in [5.41, 5.74) is 7.42. The van der Waals surface area contributed by atoms with Crippen molar-refractivity contribution < 1.29 is 19.0 Å². The van der Waals surface area contributed by atoms with Gasteiger partial charge in [-0.2, -0.15) is 0 Å². The van der Waals surface area contributed by atoms with Gasteiger partial charge in [0.05, 0.1) is 6.10 Å². The summed E-state index contributed by atoms with van der Waals surface area (Å²) in [5.74, 6) is -0.408. The molecular formula is C22H22FNO3. The summed E-state index contributed by atoms with van der Waals surface area (Å²) in [6.45, 7) is 0.377. The summed E-state index contributed by atoms with van der Waals surface area (Å²) in [4.78, 5) is 0. The number of hydrogen-bond donors (Lipinski definition) is 2. The molecule has 0 aliphatic carbocycles. The molecule has 0 aromatic heterocycles. The fourth-order valence-corrected chi connectivity index (χ4v) is 2.65. The number of aliphatic hydroxyl groups excluding tert-OH is 1. The molecule has 27 heavy (non-hydrogen) atoms. The number of aliphatic hydroxyl groups is 1. The maximum absolute atomic E-state index is 15.0. The van der Waals surface area contributed by atoms with E-state index in [1.165, 1.54) is 6.07 Å². The molecule has 3 rings (SSSR count). The van der Waals surface area contributed by atoms with Crippen LogP contribution in [0.15, 0.2) is 72.8 Å². The third kappa shape index (κ3) is 4.84. The van der Waals surface area contributed by atoms with Crippen LogP contribution in [0.1, 0.15) is 22.8 Å². The summed E-state index contributed by atoms with van der Waals surface area (Å²) < 4.78 is 26.5. The zero-order valence-electron chi connectivity index (χ0n) is 14.8. The summed E-state index contributed by atoms with van der Waals surface area (Å²) in [7, 11) is 0. The molecule has 0 radical (unpaired) electrons. The Morgan fingerprint density at radius 2 is 1.37 bits per heavy atom. The monoisotopic (exact) mass is 367 g/mol. The molecule has 0 bridgehead atoms. The lowest BCUT2D eigenvalue weighted by Gasteiger charge is -2.17. The molecule has 0 unspecified atom stereocenters. The molecule has 3 aromatic carbocycles. The van der Waals surface area contributed by atoms with Crippen LogP contribution < -0.4 is 15.2 Å². The van der Waals surface area contributed by atoms with Gasteiger partial charge in [0, 0.05) is 12.1 Å². The lowest BCUT2D eigenvalue weighted by atomic mass is 10.1. The summed E-state index contributed by atoms with van der Waals surface area (Å²) >= 11 is 0. The maximum atomic E-state index is 15.0. The van der Waals surface area contributed by atoms with Crippen LogP contribution in [0.5, 0.6) is 11.5 Å². The van der Waals surface area contributed by atoms with E-state index in [1.54, 1.807) is 6.07 Å². The van der Waals surface area contributed by atoms with Gasteiger partial charge in [-0.15, -0.1) is 0 Å². The van der Waals surface area contributed by atoms with E-state index in [0.717, 1.165) is 11.1 Å². The Labute approximate surface area is 158 Å². The van der Waals surface area contributed by atoms with Gasteiger partial charge in [-0.25, -0.2) is 4.39 Å². The van der Waals surface area contributed by atoms with Crippen molar-refractivity contribution >= 4 is 0 Å². The van der Waals surface area contributed by atoms with Crippen LogP contribution in [0, 0.1) is 5.82 Å². The van der Waals surface area contributed by atoms with Crippen molar-refractivity contribution in [3.05, 3.63) is 95.3 Å². The molecule has 3 N–H and O–H groups in total. The first kappa shape index (κ1) is 18.9. The Kier molecular flexibility index (Phi) is 6.41. The first-order chi connectivity index (χ1) is 13.2. The fraction of sp³-hybridized carbons (Fsp3) is 0.182. The predicted octanol–water partition coefficient (Wildman–Crippen LogP) is 3.98. The van der Waals surface area contributed by atoms with Gasteiger partial charge in [0.15, 0.2) is 17.3 Å². The van der Waals surface area contributed by atoms with E-state index < -0.39 is 11.9 Å². The van der Waals surface area contributed by atoms with Crippen molar-refractivity contribution in [2.75, 3.05) is 6.54 Å². The molecular weight excluding hydrogens is 345 g/mol. The van der Waals surface area contributed by atoms with Crippen LogP contribution in [0.3, 0.4) is 0 Å². The number of nitrogens with two attached hydrogens (primary N) is 1. The highest BCUT2D eigenvalue weighted by atomic mass is 19.1. The van der Waals surface area contributed by atoms with Gasteiger partial charge >= 0.3 is 0 Å². The molecule has 0 amide bonds. The molecule has 0 aliphatic heterocycles. The second kappa shape index (κ2) is 9.16. The SMILES string of the molecule is NC[C@H](O)c1ccc(OCc2ccccc2)c(OCc2ccccc2)c1F. The second-order valence-electron chi connectivity index (χ2n) is 6.10. The van der Waals surface area contributed by atoms with Crippen LogP contribution in [0.4, 0.5) is 4.39 Å². The third-order valence-electron chi connectivity index (χ3n) is 4.14. The van der Waals surface area contributed by atoms with Crippen molar-refractivity contribution in [1.29, 1.82) is 0 Å². The smallest absolute Gasteiger partial charge is 0.197 e. The molecule has 5 heteroatoms. The van der Waals surface area contributed by atoms with Gasteiger partial charge in [-0.05, 0) is 23.3 Å². The van der Waals surface area contributed by atoms with Crippen molar-refractivity contribution in [2.24, 2.45) is 5.73 Å². The minimum atomic E-state index is -1.10. The number of hydrogen-bond acceptors (Lipinski definition) is 4. The normalized spacial score (nSPS) is 11.8. The first-order valence-corrected chi connectivity index (χ1v) is 8.73. The van der Waals surface area contributed by atoms with Gasteiger partial charge in [-0.3, -0.25) is 0 Å². The first-order valence-electron chi connectivity index (χ1n) is 8.73. The molecule has 0 spiro atoms. The number of ether oxygens (including phenoxy) is 2. The zero-order valence-corrected chi connectivity index (χ0v) is 14.8. The van der Waals surface area contributed by atoms with Gasteiger partial charge < -0.3 is 20.3 Å². The van der Waals surface area contributed by atoms with Crippen LogP contribution in [0.2, 0.25) is 0 Å². The quantitative estimate of drug-likeness (QED) is 0.632. The molecule has 0 heterocycles. The minimum Gasteiger partial charge on any atom is -0.485 e. The molecule has 0 saturated heterocycles. The Morgan fingerprint density at radius 1 is 0.815 bits per heavy atom. The lowest BCUT2D eigenvalue weighted by Crippen LogP contribution is -2.14. The molecule has 140 valence electrons. The van der Waals surface area contributed by atoms with E-state index in [1.807, 2.05) is 60.7 Å². The lowest BCUT2D eigenvalue weighted by molar-refractivity contribution is 0.178. The van der Waals surface area contributed by atoms with Crippen molar-refractivity contribution in [3.63, 3.8) is 0 Å². The van der Waals surface area contributed by atoms with Gasteiger partial charge in [-0.1, -0.05) is 60.7 Å². The van der Waals surface area contributed by atoms with Crippen molar-refractivity contribution in [1.82, 2.24) is 0 Å². The Morgan fingerprint density at radius 3 is 1.93 bits per heavy atom. The molecule has 4 nitrogen and oxygen atoms in total. The molecule has 3 aromatic rings. The van der Waals surface area contributed by atoms with E-state index in [4.69, 9.17) is 15.2 Å². The van der Waals surface area contributed by atoms with Crippen molar-refractivity contribution in [3.8, 4) is 11.5 Å². The standard InChI is InChI=1S/C22H22FNO3/c23-21-18(19(25)13-24)11-12-20(26-14-16-7-3-1-4-8-16)22(21)27-15-17-9-5-2-6-10-17/h1-12,19,25H,13-15,24H2/t19-/m0/s1. The molecule has 0 saturated carbocycles. The van der Waals surface area contributed by atoms with Crippen LogP contribution in [0.25, 0.3) is 0 Å². The molecule has 0 aliphatic rings. The Bertz CT molecular complexity index is 856. The highest BCUT2D eigenvalue weighted by Gasteiger charge is 2.20. The minimum absolute atomic E-state index is 0.0280. The largest absolute Gasteiger partial charge is 0.485 e. The van der Waals surface area contributed by atoms with Crippen LogP contribution >= 0.6 is 0 Å². The Balaban J connectivity index is 1.85. The van der Waals surface area contributed by atoms with E-state index in [0.29, 0.717) is 0 Å². The van der Waals surface area contributed by atoms with Crippen LogP contribution in [-0.4, -0.2) is 11.7 Å². The second-order valence-corrected chi connectivity index (χ2v) is 6.10. The van der Waals surface area contributed by atoms with Gasteiger partial charge in [0.25, 0.3) is 0 Å². The Hall–Kier alpha value is -2.89. The third-order valence-corrected chi connectivity index (χ3v) is 4.14. The van der Waals surface area contributed by atoms with E-state index >= 15 is 0 Å². The maximum Gasteiger partial charge on any atom is 0.197 e. The van der Waals surface area contributed by atoms with Crippen LogP contribution in [-0.2, 0) is 13.2 Å².